The standard InChI is InChI=1S/C23H32N4O2/c1-24-23(25-11-10-20-6-3-2-4-7-20)26-19-21-8-5-9-22(18-21)29-17-14-27-12-15-28-16-13-27/h2-9,18H,10-17,19H2,1H3,(H2,24,25,26). The van der Waals surface area contributed by atoms with Gasteiger partial charge in [-0.1, -0.05) is 42.5 Å². The van der Waals surface area contributed by atoms with Gasteiger partial charge in [0, 0.05) is 39.8 Å². The van der Waals surface area contributed by atoms with Crippen molar-refractivity contribution in [3.8, 4) is 5.75 Å². The highest BCUT2D eigenvalue weighted by Crippen LogP contribution is 2.13. The summed E-state index contributed by atoms with van der Waals surface area (Å²) in [6.45, 7) is 6.79. The Hall–Kier alpha value is -2.57. The van der Waals surface area contributed by atoms with Crippen LogP contribution in [0, 0.1) is 0 Å². The number of ether oxygens (including phenoxy) is 2. The molecule has 2 aromatic rings. The third kappa shape index (κ3) is 7.75. The van der Waals surface area contributed by atoms with Gasteiger partial charge in [-0.25, -0.2) is 0 Å². The van der Waals surface area contributed by atoms with Crippen LogP contribution in [0.4, 0.5) is 0 Å². The fourth-order valence-electron chi connectivity index (χ4n) is 3.24. The first-order chi connectivity index (χ1) is 14.3. The highest BCUT2D eigenvalue weighted by Gasteiger charge is 2.09. The number of aliphatic imine (C=N–C) groups is 1. The van der Waals surface area contributed by atoms with Crippen LogP contribution in [0.3, 0.4) is 0 Å². The van der Waals surface area contributed by atoms with E-state index in [4.69, 9.17) is 9.47 Å². The van der Waals surface area contributed by atoms with Crippen molar-refractivity contribution in [2.75, 3.05) is 53.0 Å². The Balaban J connectivity index is 1.38. The maximum atomic E-state index is 5.94. The average Bonchev–Trinajstić information content (AvgIpc) is 2.78. The van der Waals surface area contributed by atoms with Gasteiger partial charge in [0.25, 0.3) is 0 Å². The van der Waals surface area contributed by atoms with Gasteiger partial charge in [0.2, 0.25) is 0 Å². The number of morpholine rings is 1. The molecular formula is C23H32N4O2. The van der Waals surface area contributed by atoms with Crippen LogP contribution in [-0.2, 0) is 17.7 Å². The van der Waals surface area contributed by atoms with Gasteiger partial charge >= 0.3 is 0 Å². The molecule has 2 N–H and O–H groups in total. The van der Waals surface area contributed by atoms with E-state index in [-0.39, 0.29) is 0 Å². The van der Waals surface area contributed by atoms with Gasteiger partial charge in [-0.15, -0.1) is 0 Å². The normalized spacial score (nSPS) is 15.1. The fraction of sp³-hybridized carbons (Fsp3) is 0.435. The summed E-state index contributed by atoms with van der Waals surface area (Å²) in [5.74, 6) is 1.71. The molecule has 3 rings (SSSR count). The largest absolute Gasteiger partial charge is 0.492 e. The molecule has 1 aliphatic rings. The first kappa shape index (κ1) is 21.1. The minimum Gasteiger partial charge on any atom is -0.492 e. The molecule has 0 radical (unpaired) electrons. The molecule has 0 saturated carbocycles. The smallest absolute Gasteiger partial charge is 0.191 e. The van der Waals surface area contributed by atoms with Crippen LogP contribution < -0.4 is 15.4 Å². The number of nitrogens with one attached hydrogen (secondary N) is 2. The third-order valence-corrected chi connectivity index (χ3v) is 4.91. The molecule has 0 aromatic heterocycles. The summed E-state index contributed by atoms with van der Waals surface area (Å²) in [5, 5.41) is 6.73. The quantitative estimate of drug-likeness (QED) is 0.503. The second-order valence-electron chi connectivity index (χ2n) is 7.04. The third-order valence-electron chi connectivity index (χ3n) is 4.91. The molecule has 6 heteroatoms. The molecule has 0 unspecified atom stereocenters. The maximum Gasteiger partial charge on any atom is 0.191 e. The predicted octanol–water partition coefficient (Wildman–Crippen LogP) is 2.31. The molecule has 0 amide bonds. The lowest BCUT2D eigenvalue weighted by atomic mass is 10.1. The number of benzene rings is 2. The van der Waals surface area contributed by atoms with E-state index < -0.39 is 0 Å². The van der Waals surface area contributed by atoms with Crippen molar-refractivity contribution >= 4 is 5.96 Å². The topological polar surface area (TPSA) is 58.1 Å². The van der Waals surface area contributed by atoms with Gasteiger partial charge in [0.1, 0.15) is 12.4 Å². The Bertz CT molecular complexity index is 746. The van der Waals surface area contributed by atoms with E-state index in [2.05, 4.69) is 56.9 Å². The zero-order valence-electron chi connectivity index (χ0n) is 17.3. The average molecular weight is 397 g/mol. The van der Waals surface area contributed by atoms with Crippen LogP contribution in [-0.4, -0.2) is 63.9 Å². The minimum atomic E-state index is 0.694. The Kier molecular flexibility index (Phi) is 8.82. The molecule has 1 saturated heterocycles. The number of rotatable bonds is 9. The SMILES string of the molecule is CN=C(NCCc1ccccc1)NCc1cccc(OCCN2CCOCC2)c1. The Morgan fingerprint density at radius 1 is 1.03 bits per heavy atom. The van der Waals surface area contributed by atoms with E-state index in [1.54, 1.807) is 7.05 Å². The van der Waals surface area contributed by atoms with Gasteiger partial charge in [0.15, 0.2) is 5.96 Å². The van der Waals surface area contributed by atoms with E-state index >= 15 is 0 Å². The van der Waals surface area contributed by atoms with E-state index in [1.165, 1.54) is 11.1 Å². The van der Waals surface area contributed by atoms with Gasteiger partial charge in [-0.05, 0) is 29.7 Å². The van der Waals surface area contributed by atoms with Crippen molar-refractivity contribution in [2.24, 2.45) is 4.99 Å². The summed E-state index contributed by atoms with van der Waals surface area (Å²) in [5.41, 5.74) is 2.48. The van der Waals surface area contributed by atoms with Crippen molar-refractivity contribution in [1.29, 1.82) is 0 Å². The molecule has 29 heavy (non-hydrogen) atoms. The van der Waals surface area contributed by atoms with Crippen LogP contribution in [0.25, 0.3) is 0 Å². The maximum absolute atomic E-state index is 5.94. The van der Waals surface area contributed by atoms with E-state index in [9.17, 15) is 0 Å². The molecule has 0 bridgehead atoms. The summed E-state index contributed by atoms with van der Waals surface area (Å²) in [4.78, 5) is 6.68. The van der Waals surface area contributed by atoms with Crippen LogP contribution in [0.15, 0.2) is 59.6 Å². The molecule has 6 nitrogen and oxygen atoms in total. The zero-order valence-corrected chi connectivity index (χ0v) is 17.3. The number of guanidine groups is 1. The number of hydrogen-bond acceptors (Lipinski definition) is 4. The molecule has 0 spiro atoms. The molecule has 0 aliphatic carbocycles. The van der Waals surface area contributed by atoms with Crippen molar-refractivity contribution in [3.63, 3.8) is 0 Å². The molecule has 1 fully saturated rings. The van der Waals surface area contributed by atoms with Gasteiger partial charge in [0.05, 0.1) is 13.2 Å². The molecule has 1 aliphatic heterocycles. The Labute approximate surface area is 173 Å². The van der Waals surface area contributed by atoms with Crippen LogP contribution in [0.2, 0.25) is 0 Å². The molecule has 0 atom stereocenters. The zero-order chi connectivity index (χ0) is 20.2. The Morgan fingerprint density at radius 2 is 1.83 bits per heavy atom. The van der Waals surface area contributed by atoms with Crippen molar-refractivity contribution in [1.82, 2.24) is 15.5 Å². The Morgan fingerprint density at radius 3 is 2.62 bits per heavy atom. The fourth-order valence-corrected chi connectivity index (χ4v) is 3.24. The second-order valence-corrected chi connectivity index (χ2v) is 7.04. The number of hydrogen-bond donors (Lipinski definition) is 2. The molecule has 156 valence electrons. The predicted molar refractivity (Wildman–Crippen MR) is 118 cm³/mol. The van der Waals surface area contributed by atoms with E-state index in [0.717, 1.165) is 57.5 Å². The molecule has 2 aromatic carbocycles. The van der Waals surface area contributed by atoms with Crippen LogP contribution >= 0.6 is 0 Å². The summed E-state index contributed by atoms with van der Waals surface area (Å²) in [6, 6.07) is 18.7. The molecule has 1 heterocycles. The summed E-state index contributed by atoms with van der Waals surface area (Å²) in [7, 11) is 1.79. The summed E-state index contributed by atoms with van der Waals surface area (Å²) in [6.07, 6.45) is 0.966. The van der Waals surface area contributed by atoms with Crippen molar-refractivity contribution in [3.05, 3.63) is 65.7 Å². The first-order valence-corrected chi connectivity index (χ1v) is 10.3. The minimum absolute atomic E-state index is 0.694. The second kappa shape index (κ2) is 12.1. The lowest BCUT2D eigenvalue weighted by Crippen LogP contribution is -2.38. The van der Waals surface area contributed by atoms with Gasteiger partial charge in [-0.3, -0.25) is 9.89 Å². The van der Waals surface area contributed by atoms with Gasteiger partial charge < -0.3 is 20.1 Å². The summed E-state index contributed by atoms with van der Waals surface area (Å²) < 4.78 is 11.3. The van der Waals surface area contributed by atoms with Crippen LogP contribution in [0.1, 0.15) is 11.1 Å². The van der Waals surface area contributed by atoms with E-state index in [1.807, 2.05) is 18.2 Å². The monoisotopic (exact) mass is 396 g/mol. The van der Waals surface area contributed by atoms with Gasteiger partial charge in [-0.2, -0.15) is 0 Å². The summed E-state index contributed by atoms with van der Waals surface area (Å²) >= 11 is 0. The highest BCUT2D eigenvalue weighted by atomic mass is 16.5. The lowest BCUT2D eigenvalue weighted by molar-refractivity contribution is 0.0322. The molecular weight excluding hydrogens is 364 g/mol. The highest BCUT2D eigenvalue weighted by molar-refractivity contribution is 5.79. The van der Waals surface area contributed by atoms with Crippen molar-refractivity contribution < 1.29 is 9.47 Å². The van der Waals surface area contributed by atoms with Crippen LogP contribution in [0.5, 0.6) is 5.75 Å². The van der Waals surface area contributed by atoms with E-state index in [0.29, 0.717) is 13.2 Å². The lowest BCUT2D eigenvalue weighted by Gasteiger charge is -2.26. The number of nitrogens with zero attached hydrogens (tertiary/aromatic N) is 2. The van der Waals surface area contributed by atoms with Crippen molar-refractivity contribution in [2.45, 2.75) is 13.0 Å². The first-order valence-electron chi connectivity index (χ1n) is 10.3.